The smallest absolute Gasteiger partial charge is 0.141 e. The maximum Gasteiger partial charge on any atom is 0.141 e. The Balaban J connectivity index is 1.51. The van der Waals surface area contributed by atoms with Gasteiger partial charge in [0.1, 0.15) is 5.82 Å². The lowest BCUT2D eigenvalue weighted by Gasteiger charge is -2.09. The molecule has 0 saturated heterocycles. The molecule has 0 N–H and O–H groups in total. The number of para-hydroxylation sites is 2. The van der Waals surface area contributed by atoms with Crippen molar-refractivity contribution in [2.24, 2.45) is 0 Å². The minimum atomic E-state index is 1.06. The lowest BCUT2D eigenvalue weighted by atomic mass is 10.1. The maximum absolute atomic E-state index is 4.91. The summed E-state index contributed by atoms with van der Waals surface area (Å²) in [7, 11) is 0. The number of rotatable bonds is 12. The van der Waals surface area contributed by atoms with E-state index >= 15 is 0 Å². The number of unbranched alkanes of at least 4 members (excludes halogenated alkanes) is 9. The van der Waals surface area contributed by atoms with Crippen LogP contribution in [0, 0.1) is 0 Å². The minimum Gasteiger partial charge on any atom is -0.324 e. The molecule has 0 atom stereocenters. The lowest BCUT2D eigenvalue weighted by Crippen LogP contribution is -2.01. The van der Waals surface area contributed by atoms with E-state index in [1.807, 2.05) is 0 Å². The monoisotopic (exact) mass is 362 g/mol. The Bertz CT molecular complexity index is 788. The van der Waals surface area contributed by atoms with Crippen LogP contribution in [0.1, 0.15) is 71.1 Å². The molecule has 0 saturated carbocycles. The molecule has 2 aromatic carbocycles. The van der Waals surface area contributed by atoms with Gasteiger partial charge in [-0.15, -0.1) is 0 Å². The molecular formula is C25H34N2. The number of benzene rings is 2. The maximum atomic E-state index is 4.91. The topological polar surface area (TPSA) is 17.8 Å². The van der Waals surface area contributed by atoms with Gasteiger partial charge in [-0.2, -0.15) is 0 Å². The van der Waals surface area contributed by atoms with Crippen molar-refractivity contribution in [2.75, 3.05) is 0 Å². The van der Waals surface area contributed by atoms with Crippen LogP contribution in [-0.4, -0.2) is 9.55 Å². The van der Waals surface area contributed by atoms with Gasteiger partial charge in [0.15, 0.2) is 0 Å². The third-order valence-electron chi connectivity index (χ3n) is 5.42. The Labute approximate surface area is 164 Å². The standard InChI is InChI=1S/C25H34N2/c1-2-3-4-5-6-7-8-9-10-16-21-27-24-20-15-14-19-23(24)26-25(27)22-17-12-11-13-18-22/h11-15,17-20H,2-10,16,21H2,1H3. The molecule has 0 radical (unpaired) electrons. The van der Waals surface area contributed by atoms with Crippen LogP contribution in [0.15, 0.2) is 54.6 Å². The van der Waals surface area contributed by atoms with Crippen LogP contribution in [0.4, 0.5) is 0 Å². The molecule has 0 aliphatic rings. The summed E-state index contributed by atoms with van der Waals surface area (Å²) >= 11 is 0. The predicted molar refractivity (Wildman–Crippen MR) is 117 cm³/mol. The molecular weight excluding hydrogens is 328 g/mol. The second-order valence-corrected chi connectivity index (χ2v) is 7.62. The highest BCUT2D eigenvalue weighted by Crippen LogP contribution is 2.25. The fourth-order valence-corrected chi connectivity index (χ4v) is 3.87. The molecule has 0 aliphatic carbocycles. The van der Waals surface area contributed by atoms with Crippen LogP contribution in [0.3, 0.4) is 0 Å². The quantitative estimate of drug-likeness (QED) is 0.303. The Hall–Kier alpha value is -2.09. The fourth-order valence-electron chi connectivity index (χ4n) is 3.87. The molecule has 1 aromatic heterocycles. The van der Waals surface area contributed by atoms with Gasteiger partial charge in [-0.1, -0.05) is 107 Å². The molecule has 2 nitrogen and oxygen atoms in total. The van der Waals surface area contributed by atoms with Gasteiger partial charge in [-0.25, -0.2) is 4.98 Å². The predicted octanol–water partition coefficient (Wildman–Crippen LogP) is 7.62. The Morgan fingerprint density at radius 1 is 0.667 bits per heavy atom. The molecule has 0 amide bonds. The second kappa shape index (κ2) is 10.9. The van der Waals surface area contributed by atoms with Crippen molar-refractivity contribution in [1.82, 2.24) is 9.55 Å². The molecule has 0 bridgehead atoms. The summed E-state index contributed by atoms with van der Waals surface area (Å²) in [6.07, 6.45) is 13.7. The SMILES string of the molecule is CCCCCCCCCCCCn1c(-c2ccccc2)nc2ccccc21. The summed E-state index contributed by atoms with van der Waals surface area (Å²) in [4.78, 5) is 4.91. The van der Waals surface area contributed by atoms with E-state index in [2.05, 4.69) is 66.1 Å². The van der Waals surface area contributed by atoms with Crippen LogP contribution < -0.4 is 0 Å². The van der Waals surface area contributed by atoms with Crippen LogP contribution in [0.5, 0.6) is 0 Å². The van der Waals surface area contributed by atoms with Crippen molar-refractivity contribution < 1.29 is 0 Å². The molecule has 0 spiro atoms. The van der Waals surface area contributed by atoms with Crippen molar-refractivity contribution in [3.05, 3.63) is 54.6 Å². The summed E-state index contributed by atoms with van der Waals surface area (Å²) in [6, 6.07) is 19.1. The third-order valence-corrected chi connectivity index (χ3v) is 5.42. The van der Waals surface area contributed by atoms with Gasteiger partial charge >= 0.3 is 0 Å². The number of hydrogen-bond donors (Lipinski definition) is 0. The summed E-state index contributed by atoms with van der Waals surface area (Å²) in [5.74, 6) is 1.10. The number of aryl methyl sites for hydroxylation is 1. The second-order valence-electron chi connectivity index (χ2n) is 7.62. The average molecular weight is 363 g/mol. The molecule has 0 fully saturated rings. The summed E-state index contributed by atoms with van der Waals surface area (Å²) in [5, 5.41) is 0. The molecule has 0 aliphatic heterocycles. The first-order valence-electron chi connectivity index (χ1n) is 10.9. The number of hydrogen-bond acceptors (Lipinski definition) is 1. The van der Waals surface area contributed by atoms with Crippen molar-refractivity contribution in [3.8, 4) is 11.4 Å². The van der Waals surface area contributed by atoms with Crippen LogP contribution in [0.2, 0.25) is 0 Å². The van der Waals surface area contributed by atoms with Crippen LogP contribution in [-0.2, 0) is 6.54 Å². The van der Waals surface area contributed by atoms with Gasteiger partial charge in [0.25, 0.3) is 0 Å². The molecule has 3 aromatic rings. The highest BCUT2D eigenvalue weighted by Gasteiger charge is 2.11. The van der Waals surface area contributed by atoms with E-state index in [1.165, 1.54) is 75.3 Å². The lowest BCUT2D eigenvalue weighted by molar-refractivity contribution is 0.539. The molecule has 1 heterocycles. The molecule has 3 rings (SSSR count). The first kappa shape index (κ1) is 19.7. The van der Waals surface area contributed by atoms with Crippen molar-refractivity contribution in [1.29, 1.82) is 0 Å². The van der Waals surface area contributed by atoms with E-state index in [0.717, 1.165) is 17.9 Å². The Morgan fingerprint density at radius 3 is 1.96 bits per heavy atom. The highest BCUT2D eigenvalue weighted by molar-refractivity contribution is 5.80. The average Bonchev–Trinajstić information content (AvgIpc) is 3.09. The largest absolute Gasteiger partial charge is 0.324 e. The van der Waals surface area contributed by atoms with Crippen LogP contribution in [0.25, 0.3) is 22.4 Å². The van der Waals surface area contributed by atoms with Gasteiger partial charge in [0.2, 0.25) is 0 Å². The summed E-state index contributed by atoms with van der Waals surface area (Å²) in [5.41, 5.74) is 3.57. The van der Waals surface area contributed by atoms with E-state index in [1.54, 1.807) is 0 Å². The molecule has 27 heavy (non-hydrogen) atoms. The molecule has 2 heteroatoms. The van der Waals surface area contributed by atoms with E-state index in [9.17, 15) is 0 Å². The third kappa shape index (κ3) is 5.69. The Kier molecular flexibility index (Phi) is 7.95. The van der Waals surface area contributed by atoms with Crippen molar-refractivity contribution >= 4 is 11.0 Å². The zero-order valence-corrected chi connectivity index (χ0v) is 16.9. The van der Waals surface area contributed by atoms with Gasteiger partial charge in [-0.05, 0) is 18.6 Å². The molecule has 144 valence electrons. The number of nitrogens with zero attached hydrogens (tertiary/aromatic N) is 2. The zero-order chi connectivity index (χ0) is 18.7. The van der Waals surface area contributed by atoms with E-state index < -0.39 is 0 Å². The van der Waals surface area contributed by atoms with E-state index in [-0.39, 0.29) is 0 Å². The number of imidazole rings is 1. The first-order chi connectivity index (χ1) is 13.4. The van der Waals surface area contributed by atoms with E-state index in [0.29, 0.717) is 0 Å². The summed E-state index contributed by atoms with van der Waals surface area (Å²) < 4.78 is 2.41. The minimum absolute atomic E-state index is 1.06. The first-order valence-corrected chi connectivity index (χ1v) is 10.9. The Morgan fingerprint density at radius 2 is 1.26 bits per heavy atom. The van der Waals surface area contributed by atoms with Crippen molar-refractivity contribution in [3.63, 3.8) is 0 Å². The van der Waals surface area contributed by atoms with Gasteiger partial charge < -0.3 is 4.57 Å². The van der Waals surface area contributed by atoms with Gasteiger partial charge in [0.05, 0.1) is 11.0 Å². The highest BCUT2D eigenvalue weighted by atomic mass is 15.1. The molecule has 0 unspecified atom stereocenters. The number of aromatic nitrogens is 2. The summed E-state index contributed by atoms with van der Waals surface area (Å²) in [6.45, 7) is 3.34. The van der Waals surface area contributed by atoms with Gasteiger partial charge in [0, 0.05) is 12.1 Å². The van der Waals surface area contributed by atoms with E-state index in [4.69, 9.17) is 4.98 Å². The van der Waals surface area contributed by atoms with Gasteiger partial charge in [-0.3, -0.25) is 0 Å². The zero-order valence-electron chi connectivity index (χ0n) is 16.9. The van der Waals surface area contributed by atoms with Crippen molar-refractivity contribution in [2.45, 2.75) is 77.7 Å². The van der Waals surface area contributed by atoms with Crippen LogP contribution >= 0.6 is 0 Å². The normalized spacial score (nSPS) is 11.3. The fraction of sp³-hybridized carbons (Fsp3) is 0.480. The number of fused-ring (bicyclic) bond motifs is 1.